The van der Waals surface area contributed by atoms with Gasteiger partial charge in [-0.05, 0) is 67.6 Å². The van der Waals surface area contributed by atoms with Crippen LogP contribution in [0.5, 0.6) is 0 Å². The van der Waals surface area contributed by atoms with E-state index >= 15 is 0 Å². The first kappa shape index (κ1) is 21.1. The van der Waals surface area contributed by atoms with Gasteiger partial charge in [0.25, 0.3) is 0 Å². The van der Waals surface area contributed by atoms with Crippen LogP contribution in [0.4, 0.5) is 17.1 Å². The van der Waals surface area contributed by atoms with Crippen molar-refractivity contribution in [2.45, 2.75) is 65.7 Å². The third-order valence-corrected chi connectivity index (χ3v) is 4.81. The number of rotatable bonds is 12. The largest absolute Gasteiger partial charge is 0.372 e. The van der Waals surface area contributed by atoms with E-state index in [-0.39, 0.29) is 0 Å². The van der Waals surface area contributed by atoms with Gasteiger partial charge in [-0.25, -0.2) is 0 Å². The maximum Gasteiger partial charge on any atom is 0.0858 e. The molecule has 3 heteroatoms. The molecule has 3 nitrogen and oxygen atoms in total. The van der Waals surface area contributed by atoms with Gasteiger partial charge in [0.05, 0.1) is 11.4 Å². The average molecular weight is 366 g/mol. The lowest BCUT2D eigenvalue weighted by molar-refractivity contribution is 0.678. The van der Waals surface area contributed by atoms with Gasteiger partial charge in [-0.3, -0.25) is 0 Å². The average Bonchev–Trinajstić information content (AvgIpc) is 2.72. The molecule has 0 fully saturated rings. The maximum absolute atomic E-state index is 4.40. The highest BCUT2D eigenvalue weighted by Gasteiger charge is 2.05. The van der Waals surface area contributed by atoms with Gasteiger partial charge in [-0.15, -0.1) is 0 Å². The van der Waals surface area contributed by atoms with Gasteiger partial charge in [0.1, 0.15) is 0 Å². The zero-order valence-electron chi connectivity index (χ0n) is 17.3. The monoisotopic (exact) mass is 365 g/mol. The fourth-order valence-electron chi connectivity index (χ4n) is 3.02. The van der Waals surface area contributed by atoms with Crippen LogP contribution in [-0.4, -0.2) is 13.1 Å². The van der Waals surface area contributed by atoms with E-state index in [4.69, 9.17) is 0 Å². The molecule has 0 spiro atoms. The van der Waals surface area contributed by atoms with Gasteiger partial charge in [-0.1, -0.05) is 52.2 Å². The Bertz CT molecular complexity index is 651. The first-order valence-corrected chi connectivity index (χ1v) is 10.6. The molecule has 0 radical (unpaired) electrons. The second-order valence-electron chi connectivity index (χ2n) is 7.18. The molecule has 0 atom stereocenters. The van der Waals surface area contributed by atoms with Gasteiger partial charge in [-0.2, -0.15) is 10.2 Å². The molecule has 0 bridgehead atoms. The van der Waals surface area contributed by atoms with Crippen molar-refractivity contribution >= 4 is 17.1 Å². The quantitative estimate of drug-likeness (QED) is 0.352. The molecule has 0 unspecified atom stereocenters. The minimum atomic E-state index is 0.903. The van der Waals surface area contributed by atoms with Crippen molar-refractivity contribution in [1.82, 2.24) is 0 Å². The fourth-order valence-corrected chi connectivity index (χ4v) is 3.02. The number of aryl methyl sites for hydroxylation is 1. The summed E-state index contributed by atoms with van der Waals surface area (Å²) in [5, 5.41) is 8.78. The van der Waals surface area contributed by atoms with Crippen molar-refractivity contribution in [2.75, 3.05) is 18.0 Å². The van der Waals surface area contributed by atoms with Crippen LogP contribution >= 0.6 is 0 Å². The highest BCUT2D eigenvalue weighted by Crippen LogP contribution is 2.23. The molecule has 0 heterocycles. The zero-order valence-corrected chi connectivity index (χ0v) is 17.3. The van der Waals surface area contributed by atoms with Gasteiger partial charge in [0.15, 0.2) is 0 Å². The lowest BCUT2D eigenvalue weighted by atomic mass is 10.1. The smallest absolute Gasteiger partial charge is 0.0858 e. The summed E-state index contributed by atoms with van der Waals surface area (Å²) in [4.78, 5) is 2.49. The highest BCUT2D eigenvalue weighted by atomic mass is 15.1. The van der Waals surface area contributed by atoms with Crippen LogP contribution in [0.1, 0.15) is 64.9 Å². The molecule has 0 N–H and O–H groups in total. The maximum atomic E-state index is 4.40. The molecule has 0 amide bonds. The third-order valence-electron chi connectivity index (χ3n) is 4.81. The minimum absolute atomic E-state index is 0.903. The molecule has 0 saturated heterocycles. The molecule has 2 rings (SSSR count). The number of hydrogen-bond donors (Lipinski definition) is 0. The summed E-state index contributed by atoms with van der Waals surface area (Å²) in [5.41, 5.74) is 4.47. The molecule has 2 aromatic carbocycles. The first-order chi connectivity index (χ1) is 13.3. The Morgan fingerprint density at radius 3 is 1.59 bits per heavy atom. The van der Waals surface area contributed by atoms with Crippen molar-refractivity contribution in [3.63, 3.8) is 0 Å². The van der Waals surface area contributed by atoms with Gasteiger partial charge in [0, 0.05) is 18.8 Å². The normalized spacial score (nSPS) is 11.2. The van der Waals surface area contributed by atoms with E-state index in [1.165, 1.54) is 49.8 Å². The summed E-state index contributed by atoms with van der Waals surface area (Å²) < 4.78 is 0. The molecule has 0 aliphatic rings. The number of benzene rings is 2. The van der Waals surface area contributed by atoms with Crippen LogP contribution in [0.2, 0.25) is 0 Å². The number of hydrogen-bond acceptors (Lipinski definition) is 3. The van der Waals surface area contributed by atoms with Crippen LogP contribution in [0.25, 0.3) is 0 Å². The molecule has 2 aromatic rings. The van der Waals surface area contributed by atoms with Crippen LogP contribution in [0.15, 0.2) is 58.8 Å². The summed E-state index contributed by atoms with van der Waals surface area (Å²) in [6.07, 6.45) is 8.53. The van der Waals surface area contributed by atoms with Gasteiger partial charge in [0.2, 0.25) is 0 Å². The van der Waals surface area contributed by atoms with Crippen LogP contribution in [0, 0.1) is 0 Å². The predicted octanol–water partition coefficient (Wildman–Crippen LogP) is 7.85. The van der Waals surface area contributed by atoms with Crippen molar-refractivity contribution < 1.29 is 0 Å². The Morgan fingerprint density at radius 2 is 1.11 bits per heavy atom. The number of anilines is 1. The van der Waals surface area contributed by atoms with Gasteiger partial charge >= 0.3 is 0 Å². The lowest BCUT2D eigenvalue weighted by Gasteiger charge is -2.24. The van der Waals surface area contributed by atoms with Crippen molar-refractivity contribution in [3.8, 4) is 0 Å². The van der Waals surface area contributed by atoms with E-state index in [9.17, 15) is 0 Å². The molecule has 0 saturated carbocycles. The van der Waals surface area contributed by atoms with E-state index in [1.807, 2.05) is 0 Å². The van der Waals surface area contributed by atoms with E-state index in [1.54, 1.807) is 0 Å². The van der Waals surface area contributed by atoms with Crippen molar-refractivity contribution in [3.05, 3.63) is 54.1 Å². The molecule has 0 aliphatic heterocycles. The van der Waals surface area contributed by atoms with Crippen LogP contribution in [0.3, 0.4) is 0 Å². The van der Waals surface area contributed by atoms with E-state index in [0.29, 0.717) is 0 Å². The van der Waals surface area contributed by atoms with E-state index < -0.39 is 0 Å². The molecule has 146 valence electrons. The number of nitrogens with zero attached hydrogens (tertiary/aromatic N) is 3. The summed E-state index contributed by atoms with van der Waals surface area (Å²) in [7, 11) is 0. The van der Waals surface area contributed by atoms with E-state index in [2.05, 4.69) is 84.4 Å². The second kappa shape index (κ2) is 12.3. The van der Waals surface area contributed by atoms with Crippen molar-refractivity contribution in [1.29, 1.82) is 0 Å². The summed E-state index contributed by atoms with van der Waals surface area (Å²) in [6, 6.07) is 16.9. The lowest BCUT2D eigenvalue weighted by Crippen LogP contribution is -2.25. The Labute approximate surface area is 165 Å². The van der Waals surface area contributed by atoms with Crippen molar-refractivity contribution in [2.24, 2.45) is 10.2 Å². The topological polar surface area (TPSA) is 28.0 Å². The fraction of sp³-hybridized carbons (Fsp3) is 0.500. The Morgan fingerprint density at radius 1 is 0.630 bits per heavy atom. The number of unbranched alkanes of at least 4 members (excludes halogenated alkanes) is 3. The summed E-state index contributed by atoms with van der Waals surface area (Å²) in [6.45, 7) is 8.97. The van der Waals surface area contributed by atoms with E-state index in [0.717, 1.165) is 30.9 Å². The Hall–Kier alpha value is -2.16. The molecular formula is C24H35N3. The third kappa shape index (κ3) is 7.54. The second-order valence-corrected chi connectivity index (χ2v) is 7.18. The van der Waals surface area contributed by atoms with Crippen LogP contribution in [-0.2, 0) is 6.42 Å². The molecule has 0 aliphatic carbocycles. The zero-order chi connectivity index (χ0) is 19.3. The Balaban J connectivity index is 1.97. The summed E-state index contributed by atoms with van der Waals surface area (Å²) >= 11 is 0. The Kier molecular flexibility index (Phi) is 9.61. The number of azo groups is 1. The standard InChI is InChI=1S/C24H35N3/c1-4-7-10-21-11-13-22(14-12-21)25-26-23-15-17-24(18-16-23)27(19-8-5-2)20-9-6-3/h11-18H,4-10,19-20H2,1-3H3. The van der Waals surface area contributed by atoms with Crippen LogP contribution < -0.4 is 4.90 Å². The molecular weight excluding hydrogens is 330 g/mol. The first-order valence-electron chi connectivity index (χ1n) is 10.6. The highest BCUT2D eigenvalue weighted by molar-refractivity contribution is 5.53. The molecule has 0 aromatic heterocycles. The minimum Gasteiger partial charge on any atom is -0.372 e. The predicted molar refractivity (Wildman–Crippen MR) is 118 cm³/mol. The van der Waals surface area contributed by atoms with Gasteiger partial charge < -0.3 is 4.90 Å². The SMILES string of the molecule is CCCCc1ccc(N=Nc2ccc(N(CCCC)CCCC)cc2)cc1. The summed E-state index contributed by atoms with van der Waals surface area (Å²) in [5.74, 6) is 0. The molecule has 27 heavy (non-hydrogen) atoms.